The predicted octanol–water partition coefficient (Wildman–Crippen LogP) is 3.63. The van der Waals surface area contributed by atoms with Crippen molar-refractivity contribution >= 4 is 0 Å². The summed E-state index contributed by atoms with van der Waals surface area (Å²) in [7, 11) is 0. The van der Waals surface area contributed by atoms with E-state index in [0.717, 1.165) is 11.8 Å². The molecule has 1 aliphatic rings. The average molecular weight is 140 g/mol. The summed E-state index contributed by atoms with van der Waals surface area (Å²) in [5, 5.41) is 0. The molecule has 1 aliphatic carbocycles. The van der Waals surface area contributed by atoms with E-state index in [2.05, 4.69) is 27.0 Å². The summed E-state index contributed by atoms with van der Waals surface area (Å²) in [4.78, 5) is 0. The van der Waals surface area contributed by atoms with E-state index in [0.29, 0.717) is 0 Å². The quantitative estimate of drug-likeness (QED) is 0.488. The highest BCUT2D eigenvalue weighted by molar-refractivity contribution is 4.69. The zero-order valence-corrected chi connectivity index (χ0v) is 7.40. The molecular weight excluding hydrogens is 120 g/mol. The lowest BCUT2D eigenvalue weighted by molar-refractivity contribution is 0.396. The minimum absolute atomic E-state index is 0.942. The number of hydrogen-bond donors (Lipinski definition) is 0. The molecule has 60 valence electrons. The molecule has 0 aromatic heterocycles. The van der Waals surface area contributed by atoms with Crippen molar-refractivity contribution in [1.82, 2.24) is 0 Å². The van der Waals surface area contributed by atoms with E-state index in [1.807, 2.05) is 0 Å². The summed E-state index contributed by atoms with van der Waals surface area (Å²) in [6, 6.07) is 0. The molecular formula is C10H20. The van der Waals surface area contributed by atoms with Crippen molar-refractivity contribution < 1.29 is 0 Å². The van der Waals surface area contributed by atoms with Crippen LogP contribution in [0, 0.1) is 11.8 Å². The zero-order chi connectivity index (χ0) is 7.98. The third kappa shape index (κ3) is 3.05. The van der Waals surface area contributed by atoms with Crippen molar-refractivity contribution in [2.24, 2.45) is 11.8 Å². The molecule has 0 radical (unpaired) electrons. The molecule has 0 spiro atoms. The molecule has 0 heteroatoms. The number of hydrogen-bond acceptors (Lipinski definition) is 0. The minimum Gasteiger partial charge on any atom is -0.106 e. The van der Waals surface area contributed by atoms with Crippen LogP contribution >= 0.6 is 0 Å². The molecule has 0 nitrogen and oxygen atoms in total. The lowest BCUT2D eigenvalue weighted by atomic mass is 9.95. The van der Waals surface area contributed by atoms with Crippen LogP contribution in [-0.4, -0.2) is 0 Å². The van der Waals surface area contributed by atoms with Gasteiger partial charge in [0.05, 0.1) is 0 Å². The van der Waals surface area contributed by atoms with Crippen molar-refractivity contribution in [3.63, 3.8) is 0 Å². The van der Waals surface area contributed by atoms with Crippen molar-refractivity contribution in [3.05, 3.63) is 13.2 Å². The third-order valence-corrected chi connectivity index (χ3v) is 2.34. The van der Waals surface area contributed by atoms with Gasteiger partial charge >= 0.3 is 0 Å². The lowest BCUT2D eigenvalue weighted by Gasteiger charge is -2.11. The summed E-state index contributed by atoms with van der Waals surface area (Å²) in [6.45, 7) is 10.7. The fourth-order valence-electron chi connectivity index (χ4n) is 1.62. The van der Waals surface area contributed by atoms with E-state index in [-0.39, 0.29) is 0 Å². The van der Waals surface area contributed by atoms with Crippen LogP contribution in [0.5, 0.6) is 0 Å². The maximum absolute atomic E-state index is 3.00. The van der Waals surface area contributed by atoms with Gasteiger partial charge in [-0.15, -0.1) is 13.2 Å². The number of rotatable bonds is 1. The highest BCUT2D eigenvalue weighted by atomic mass is 14.2. The molecule has 0 unspecified atom stereocenters. The molecule has 0 bridgehead atoms. The zero-order valence-electron chi connectivity index (χ0n) is 7.40. The van der Waals surface area contributed by atoms with Crippen LogP contribution in [0.2, 0.25) is 0 Å². The van der Waals surface area contributed by atoms with Crippen LogP contribution < -0.4 is 0 Å². The van der Waals surface area contributed by atoms with Gasteiger partial charge in [-0.05, 0) is 11.8 Å². The normalized spacial score (nSPS) is 18.7. The Bertz CT molecular complexity index is 68.1. The van der Waals surface area contributed by atoms with Crippen molar-refractivity contribution in [3.8, 4) is 0 Å². The van der Waals surface area contributed by atoms with Crippen molar-refractivity contribution in [2.45, 2.75) is 39.5 Å². The molecule has 1 fully saturated rings. The smallest absolute Gasteiger partial charge is 0.0391 e. The molecule has 0 aromatic rings. The van der Waals surface area contributed by atoms with Gasteiger partial charge in [-0.25, -0.2) is 0 Å². The van der Waals surface area contributed by atoms with E-state index in [1.165, 1.54) is 25.7 Å². The van der Waals surface area contributed by atoms with Crippen LogP contribution in [0.1, 0.15) is 39.5 Å². The van der Waals surface area contributed by atoms with Gasteiger partial charge in [-0.1, -0.05) is 39.5 Å². The molecule has 0 amide bonds. The molecule has 0 aliphatic heterocycles. The standard InChI is InChI=1S/C8H16.C2H4/c1-7(2)8-5-3-4-6-8;1-2/h7-8H,3-6H2,1-2H3;1-2H2. The highest BCUT2D eigenvalue weighted by Crippen LogP contribution is 2.30. The fourth-order valence-corrected chi connectivity index (χ4v) is 1.62. The molecule has 0 saturated heterocycles. The lowest BCUT2D eigenvalue weighted by Crippen LogP contribution is -2.01. The van der Waals surface area contributed by atoms with Crippen molar-refractivity contribution in [1.29, 1.82) is 0 Å². The van der Waals surface area contributed by atoms with E-state index in [1.54, 1.807) is 0 Å². The Hall–Kier alpha value is -0.260. The second-order valence-corrected chi connectivity index (χ2v) is 3.29. The summed E-state index contributed by atoms with van der Waals surface area (Å²) in [6.07, 6.45) is 5.97. The Kier molecular flexibility index (Phi) is 5.38. The van der Waals surface area contributed by atoms with Crippen LogP contribution in [0.15, 0.2) is 13.2 Å². The summed E-state index contributed by atoms with van der Waals surface area (Å²) in [5.41, 5.74) is 0. The van der Waals surface area contributed by atoms with Gasteiger partial charge in [0.25, 0.3) is 0 Å². The predicted molar refractivity (Wildman–Crippen MR) is 48.1 cm³/mol. The van der Waals surface area contributed by atoms with Gasteiger partial charge in [0.15, 0.2) is 0 Å². The maximum Gasteiger partial charge on any atom is -0.0391 e. The van der Waals surface area contributed by atoms with E-state index >= 15 is 0 Å². The Morgan fingerprint density at radius 2 is 1.50 bits per heavy atom. The Labute approximate surface area is 65.3 Å². The maximum atomic E-state index is 3.00. The minimum atomic E-state index is 0.942. The second-order valence-electron chi connectivity index (χ2n) is 3.29. The largest absolute Gasteiger partial charge is 0.106 e. The first-order chi connectivity index (χ1) is 4.80. The molecule has 0 N–H and O–H groups in total. The Morgan fingerprint density at radius 3 is 1.70 bits per heavy atom. The van der Waals surface area contributed by atoms with Crippen LogP contribution in [0.4, 0.5) is 0 Å². The Balaban J connectivity index is 0.000000371. The highest BCUT2D eigenvalue weighted by Gasteiger charge is 2.17. The van der Waals surface area contributed by atoms with Crippen LogP contribution in [0.3, 0.4) is 0 Å². The SMILES string of the molecule is C=C.CC(C)C1CCCC1. The summed E-state index contributed by atoms with van der Waals surface area (Å²) < 4.78 is 0. The first-order valence-corrected chi connectivity index (χ1v) is 4.30. The van der Waals surface area contributed by atoms with Gasteiger partial charge in [0.1, 0.15) is 0 Å². The molecule has 0 aromatic carbocycles. The summed E-state index contributed by atoms with van der Waals surface area (Å²) >= 11 is 0. The van der Waals surface area contributed by atoms with Crippen LogP contribution in [0.25, 0.3) is 0 Å². The molecule has 0 atom stereocenters. The summed E-state index contributed by atoms with van der Waals surface area (Å²) in [5.74, 6) is 2.01. The Morgan fingerprint density at radius 1 is 1.10 bits per heavy atom. The van der Waals surface area contributed by atoms with Crippen molar-refractivity contribution in [2.75, 3.05) is 0 Å². The van der Waals surface area contributed by atoms with E-state index in [4.69, 9.17) is 0 Å². The average Bonchev–Trinajstić information content (AvgIpc) is 2.42. The fraction of sp³-hybridized carbons (Fsp3) is 0.800. The molecule has 1 saturated carbocycles. The van der Waals surface area contributed by atoms with Gasteiger partial charge in [-0.2, -0.15) is 0 Å². The van der Waals surface area contributed by atoms with E-state index < -0.39 is 0 Å². The van der Waals surface area contributed by atoms with Gasteiger partial charge in [0, 0.05) is 0 Å². The van der Waals surface area contributed by atoms with Gasteiger partial charge < -0.3 is 0 Å². The van der Waals surface area contributed by atoms with Gasteiger partial charge in [-0.3, -0.25) is 0 Å². The molecule has 0 heterocycles. The third-order valence-electron chi connectivity index (χ3n) is 2.34. The van der Waals surface area contributed by atoms with E-state index in [9.17, 15) is 0 Å². The second kappa shape index (κ2) is 5.52. The topological polar surface area (TPSA) is 0 Å². The monoisotopic (exact) mass is 140 g/mol. The molecule has 10 heavy (non-hydrogen) atoms. The molecule has 1 rings (SSSR count). The first kappa shape index (κ1) is 9.74. The van der Waals surface area contributed by atoms with Gasteiger partial charge in [0.2, 0.25) is 0 Å². The first-order valence-electron chi connectivity index (χ1n) is 4.30. The van der Waals surface area contributed by atoms with Crippen LogP contribution in [-0.2, 0) is 0 Å².